The number of carbonyl (C=O) groups excluding carboxylic acids is 1. The quantitative estimate of drug-likeness (QED) is 0.332. The monoisotopic (exact) mass is 518 g/mol. The third-order valence-electron chi connectivity index (χ3n) is 5.61. The lowest BCUT2D eigenvalue weighted by atomic mass is 9.95. The Morgan fingerprint density at radius 1 is 1.29 bits per heavy atom. The molecule has 8 heteroatoms. The number of aromatic nitrogens is 1. The number of hydrogen-bond acceptors (Lipinski definition) is 3. The number of benzene rings is 2. The normalized spacial score (nSPS) is 15.9. The zero-order valence-corrected chi connectivity index (χ0v) is 19.6. The molecule has 1 N–H and O–H groups in total. The Balaban J connectivity index is 1.67. The van der Waals surface area contributed by atoms with E-state index < -0.39 is 5.82 Å². The molecular formula is C23H17BrClFN2O2S. The lowest BCUT2D eigenvalue weighted by Gasteiger charge is -2.35. The van der Waals surface area contributed by atoms with E-state index in [1.54, 1.807) is 23.3 Å². The van der Waals surface area contributed by atoms with Gasteiger partial charge >= 0.3 is 0 Å². The molecule has 4 nitrogen and oxygen atoms in total. The summed E-state index contributed by atoms with van der Waals surface area (Å²) in [7, 11) is 1.65. The molecule has 1 amide bonds. The molecule has 0 aliphatic carbocycles. The lowest BCUT2D eigenvalue weighted by molar-refractivity contribution is 0.0690. The molecule has 3 heterocycles. The molecule has 0 radical (unpaired) electrons. The van der Waals surface area contributed by atoms with Gasteiger partial charge in [-0.3, -0.25) is 4.79 Å². The van der Waals surface area contributed by atoms with E-state index in [1.165, 1.54) is 18.2 Å². The summed E-state index contributed by atoms with van der Waals surface area (Å²) in [5.41, 5.74) is 3.06. The molecule has 0 saturated heterocycles. The van der Waals surface area contributed by atoms with Gasteiger partial charge in [-0.25, -0.2) is 4.39 Å². The van der Waals surface area contributed by atoms with Gasteiger partial charge < -0.3 is 14.6 Å². The van der Waals surface area contributed by atoms with Crippen LogP contribution in [0.2, 0.25) is 5.02 Å². The molecule has 0 bridgehead atoms. The van der Waals surface area contributed by atoms with Crippen LogP contribution in [0.5, 0.6) is 5.75 Å². The fourth-order valence-electron chi connectivity index (χ4n) is 4.20. The molecule has 0 fully saturated rings. The zero-order chi connectivity index (χ0) is 21.7. The van der Waals surface area contributed by atoms with Gasteiger partial charge in [-0.2, -0.15) is 0 Å². The Labute approximate surface area is 195 Å². The molecule has 4 aromatic rings. The second-order valence-electron chi connectivity index (χ2n) is 7.37. The maximum atomic E-state index is 14.5. The number of hydrogen-bond donors (Lipinski definition) is 1. The number of rotatable bonds is 3. The van der Waals surface area contributed by atoms with Gasteiger partial charge in [0, 0.05) is 42.9 Å². The van der Waals surface area contributed by atoms with Gasteiger partial charge in [-0.15, -0.1) is 11.3 Å². The molecule has 1 aliphatic rings. The number of aromatic amines is 1. The SMILES string of the molecule is COc1ccc2[nH]c3c(c2c1)CCN(C(=O)c1cc(Cl)ccc1F)[C@@H]3c1cc(Br)cs1. The predicted octanol–water partition coefficient (Wildman–Crippen LogP) is 6.58. The third-order valence-corrected chi connectivity index (χ3v) is 7.59. The smallest absolute Gasteiger partial charge is 0.257 e. The van der Waals surface area contributed by atoms with E-state index >= 15 is 0 Å². The van der Waals surface area contributed by atoms with Crippen LogP contribution in [0.25, 0.3) is 10.9 Å². The molecule has 2 aromatic carbocycles. The highest BCUT2D eigenvalue weighted by Gasteiger charge is 2.36. The summed E-state index contributed by atoms with van der Waals surface area (Å²) < 4.78 is 20.9. The molecule has 1 aliphatic heterocycles. The summed E-state index contributed by atoms with van der Waals surface area (Å²) in [6.07, 6.45) is 0.652. The maximum absolute atomic E-state index is 14.5. The van der Waals surface area contributed by atoms with Crippen molar-refractivity contribution in [1.29, 1.82) is 0 Å². The van der Waals surface area contributed by atoms with E-state index in [0.29, 0.717) is 18.0 Å². The minimum Gasteiger partial charge on any atom is -0.497 e. The Hall–Kier alpha value is -2.35. The molecule has 5 rings (SSSR count). The molecule has 0 saturated carbocycles. The average molecular weight is 520 g/mol. The standard InChI is InChI=1S/C23H17BrClFN2O2S/c1-30-14-3-5-19-16(10-14)15-6-7-28(23(29)17-9-13(25)2-4-18(17)26)22(21(15)27-19)20-8-12(24)11-31-20/h2-5,8-11,22,27H,6-7H2,1H3/t22-/m1/s1. The largest absolute Gasteiger partial charge is 0.497 e. The van der Waals surface area contributed by atoms with Crippen molar-refractivity contribution in [3.63, 3.8) is 0 Å². The van der Waals surface area contributed by atoms with Crippen LogP contribution in [0.15, 0.2) is 52.3 Å². The summed E-state index contributed by atoms with van der Waals surface area (Å²) in [4.78, 5) is 19.7. The molecule has 0 spiro atoms. The summed E-state index contributed by atoms with van der Waals surface area (Å²) in [5.74, 6) is -0.173. The fourth-order valence-corrected chi connectivity index (χ4v) is 5.93. The van der Waals surface area contributed by atoms with Crippen LogP contribution in [0, 0.1) is 5.82 Å². The van der Waals surface area contributed by atoms with Gasteiger partial charge in [-0.1, -0.05) is 11.6 Å². The van der Waals surface area contributed by atoms with Gasteiger partial charge in [0.05, 0.1) is 12.7 Å². The first-order valence-electron chi connectivity index (χ1n) is 9.64. The van der Waals surface area contributed by atoms with E-state index in [2.05, 4.69) is 20.9 Å². The highest BCUT2D eigenvalue weighted by molar-refractivity contribution is 9.10. The van der Waals surface area contributed by atoms with E-state index in [0.717, 1.165) is 37.3 Å². The number of thiophene rings is 1. The number of methoxy groups -OCH3 is 1. The van der Waals surface area contributed by atoms with Crippen molar-refractivity contribution in [2.45, 2.75) is 12.5 Å². The number of nitrogens with one attached hydrogen (secondary N) is 1. The second-order valence-corrected chi connectivity index (χ2v) is 9.67. The molecule has 2 aromatic heterocycles. The van der Waals surface area contributed by atoms with Gasteiger partial charge in [0.2, 0.25) is 0 Å². The van der Waals surface area contributed by atoms with Crippen LogP contribution in [0.3, 0.4) is 0 Å². The Morgan fingerprint density at radius 3 is 2.87 bits per heavy atom. The van der Waals surface area contributed by atoms with Gasteiger partial charge in [0.15, 0.2) is 0 Å². The molecule has 31 heavy (non-hydrogen) atoms. The lowest BCUT2D eigenvalue weighted by Crippen LogP contribution is -2.40. The first-order chi connectivity index (χ1) is 15.0. The summed E-state index contributed by atoms with van der Waals surface area (Å²) >= 11 is 11.1. The van der Waals surface area contributed by atoms with Crippen molar-refractivity contribution < 1.29 is 13.9 Å². The van der Waals surface area contributed by atoms with Gasteiger partial charge in [0.25, 0.3) is 5.91 Å². The Bertz CT molecular complexity index is 1320. The summed E-state index contributed by atoms with van der Waals surface area (Å²) in [6, 6.07) is 11.6. The third kappa shape index (κ3) is 3.54. The van der Waals surface area contributed by atoms with Crippen molar-refractivity contribution in [2.24, 2.45) is 0 Å². The van der Waals surface area contributed by atoms with Crippen LogP contribution in [-0.4, -0.2) is 29.4 Å². The average Bonchev–Trinajstić information content (AvgIpc) is 3.36. The zero-order valence-electron chi connectivity index (χ0n) is 16.4. The van der Waals surface area contributed by atoms with Gasteiger partial charge in [0.1, 0.15) is 17.6 Å². The number of halogens is 3. The van der Waals surface area contributed by atoms with Crippen LogP contribution in [0.4, 0.5) is 4.39 Å². The number of ether oxygens (including phenoxy) is 1. The van der Waals surface area contributed by atoms with E-state index in [-0.39, 0.29) is 17.5 Å². The van der Waals surface area contributed by atoms with Crippen molar-refractivity contribution >= 4 is 55.7 Å². The van der Waals surface area contributed by atoms with E-state index in [9.17, 15) is 9.18 Å². The summed E-state index contributed by atoms with van der Waals surface area (Å²) in [6.45, 7) is 0.460. The van der Waals surface area contributed by atoms with Crippen molar-refractivity contribution in [1.82, 2.24) is 9.88 Å². The maximum Gasteiger partial charge on any atom is 0.257 e. The molecule has 0 unspecified atom stereocenters. The van der Waals surface area contributed by atoms with Crippen LogP contribution in [-0.2, 0) is 6.42 Å². The number of H-pyrrole nitrogens is 1. The highest BCUT2D eigenvalue weighted by Crippen LogP contribution is 2.42. The van der Waals surface area contributed by atoms with Crippen molar-refractivity contribution in [3.8, 4) is 5.75 Å². The van der Waals surface area contributed by atoms with Crippen LogP contribution in [0.1, 0.15) is 32.5 Å². The van der Waals surface area contributed by atoms with Gasteiger partial charge in [-0.05, 0) is 70.4 Å². The predicted molar refractivity (Wildman–Crippen MR) is 125 cm³/mol. The van der Waals surface area contributed by atoms with Crippen molar-refractivity contribution in [3.05, 3.63) is 84.9 Å². The summed E-state index contributed by atoms with van der Waals surface area (Å²) in [5, 5.41) is 3.39. The Morgan fingerprint density at radius 2 is 2.13 bits per heavy atom. The van der Waals surface area contributed by atoms with Crippen molar-refractivity contribution in [2.75, 3.05) is 13.7 Å². The minimum atomic E-state index is -0.576. The Kier molecular flexibility index (Phi) is 5.28. The second kappa shape index (κ2) is 7.97. The topological polar surface area (TPSA) is 45.3 Å². The first kappa shape index (κ1) is 20.5. The highest BCUT2D eigenvalue weighted by atomic mass is 79.9. The van der Waals surface area contributed by atoms with Crippen LogP contribution >= 0.6 is 38.9 Å². The van der Waals surface area contributed by atoms with E-state index in [1.807, 2.05) is 29.6 Å². The molecule has 158 valence electrons. The minimum absolute atomic E-state index is 0.0191. The van der Waals surface area contributed by atoms with E-state index in [4.69, 9.17) is 16.3 Å². The number of carbonyl (C=O) groups is 1. The molecular weight excluding hydrogens is 503 g/mol. The number of nitrogens with zero attached hydrogens (tertiary/aromatic N) is 1. The number of amides is 1. The fraction of sp³-hybridized carbons (Fsp3) is 0.174. The van der Waals surface area contributed by atoms with Crippen LogP contribution < -0.4 is 4.74 Å². The first-order valence-corrected chi connectivity index (χ1v) is 11.7. The molecule has 1 atom stereocenters. The number of fused-ring (bicyclic) bond motifs is 3.